The summed E-state index contributed by atoms with van der Waals surface area (Å²) in [5, 5.41) is 0. The van der Waals surface area contributed by atoms with E-state index in [1.807, 2.05) is 18.9 Å². The van der Waals surface area contributed by atoms with E-state index >= 15 is 0 Å². The maximum atomic E-state index is 13.3. The lowest BCUT2D eigenvalue weighted by molar-refractivity contribution is -0.137. The quantitative estimate of drug-likeness (QED) is 0.757. The number of likely N-dealkylation sites (tertiary alicyclic amines) is 1. The SMILES string of the molecule is CCCN1C(=O)C(c2ccc(F)cc2)=C(N(C)C2CCN(C)CC2)C1=O. The molecule has 0 N–H and O–H groups in total. The fraction of sp³-hybridized carbons (Fsp3) is 0.500. The van der Waals surface area contributed by atoms with Crippen molar-refractivity contribution in [3.8, 4) is 0 Å². The third kappa shape index (κ3) is 3.38. The largest absolute Gasteiger partial charge is 0.366 e. The number of piperidine rings is 1. The third-order valence-electron chi connectivity index (χ3n) is 5.31. The lowest BCUT2D eigenvalue weighted by Crippen LogP contribution is -2.43. The summed E-state index contributed by atoms with van der Waals surface area (Å²) >= 11 is 0. The number of halogens is 1. The Labute approximate surface area is 154 Å². The minimum Gasteiger partial charge on any atom is -0.366 e. The molecule has 26 heavy (non-hydrogen) atoms. The highest BCUT2D eigenvalue weighted by Gasteiger charge is 2.41. The molecule has 2 amide bonds. The molecule has 1 aromatic carbocycles. The predicted molar refractivity (Wildman–Crippen MR) is 98.6 cm³/mol. The van der Waals surface area contributed by atoms with E-state index in [0.717, 1.165) is 25.9 Å². The molecule has 0 atom stereocenters. The van der Waals surface area contributed by atoms with Gasteiger partial charge in [-0.05, 0) is 57.1 Å². The molecule has 2 aliphatic rings. The number of amides is 2. The number of benzene rings is 1. The lowest BCUT2D eigenvalue weighted by atomic mass is 10.00. The van der Waals surface area contributed by atoms with Gasteiger partial charge in [0.15, 0.2) is 0 Å². The van der Waals surface area contributed by atoms with Gasteiger partial charge in [-0.3, -0.25) is 14.5 Å². The monoisotopic (exact) mass is 359 g/mol. The molecule has 2 heterocycles. The Morgan fingerprint density at radius 2 is 1.73 bits per heavy atom. The van der Waals surface area contributed by atoms with Crippen molar-refractivity contribution in [2.45, 2.75) is 32.2 Å². The molecule has 0 aliphatic carbocycles. The molecule has 0 radical (unpaired) electrons. The Hall–Kier alpha value is -2.21. The highest BCUT2D eigenvalue weighted by Crippen LogP contribution is 2.33. The third-order valence-corrected chi connectivity index (χ3v) is 5.31. The van der Waals surface area contributed by atoms with Crippen LogP contribution in [0.1, 0.15) is 31.7 Å². The molecule has 0 bridgehead atoms. The molecule has 2 aliphatic heterocycles. The van der Waals surface area contributed by atoms with Crippen molar-refractivity contribution in [3.05, 3.63) is 41.3 Å². The summed E-state index contributed by atoms with van der Waals surface area (Å²) in [4.78, 5) is 31.5. The second-order valence-electron chi connectivity index (χ2n) is 7.14. The number of rotatable bonds is 5. The Kier molecular flexibility index (Phi) is 5.41. The first kappa shape index (κ1) is 18.6. The van der Waals surface area contributed by atoms with E-state index in [4.69, 9.17) is 0 Å². The van der Waals surface area contributed by atoms with Crippen molar-refractivity contribution in [2.75, 3.05) is 33.7 Å². The lowest BCUT2D eigenvalue weighted by Gasteiger charge is -2.36. The molecule has 140 valence electrons. The predicted octanol–water partition coefficient (Wildman–Crippen LogP) is 2.34. The number of carbonyl (C=O) groups excluding carboxylic acids is 2. The number of nitrogens with zero attached hydrogens (tertiary/aromatic N) is 3. The van der Waals surface area contributed by atoms with Crippen molar-refractivity contribution in [1.29, 1.82) is 0 Å². The van der Waals surface area contributed by atoms with Crippen LogP contribution in [0.3, 0.4) is 0 Å². The Morgan fingerprint density at radius 3 is 2.31 bits per heavy atom. The zero-order valence-corrected chi connectivity index (χ0v) is 15.7. The first-order chi connectivity index (χ1) is 12.4. The summed E-state index contributed by atoms with van der Waals surface area (Å²) in [7, 11) is 3.99. The van der Waals surface area contributed by atoms with E-state index in [-0.39, 0.29) is 23.7 Å². The van der Waals surface area contributed by atoms with Gasteiger partial charge in [0.2, 0.25) is 0 Å². The average Bonchev–Trinajstić information content (AvgIpc) is 2.87. The van der Waals surface area contributed by atoms with Crippen LogP contribution in [0.5, 0.6) is 0 Å². The number of carbonyl (C=O) groups is 2. The molecular weight excluding hydrogens is 333 g/mol. The van der Waals surface area contributed by atoms with Gasteiger partial charge in [0.25, 0.3) is 11.8 Å². The molecule has 1 aromatic rings. The number of imide groups is 1. The van der Waals surface area contributed by atoms with Crippen LogP contribution < -0.4 is 0 Å². The molecule has 0 saturated carbocycles. The van der Waals surface area contributed by atoms with E-state index in [0.29, 0.717) is 29.8 Å². The smallest absolute Gasteiger partial charge is 0.277 e. The first-order valence-corrected chi connectivity index (χ1v) is 9.21. The van der Waals surface area contributed by atoms with Crippen molar-refractivity contribution in [1.82, 2.24) is 14.7 Å². The molecule has 1 saturated heterocycles. The second-order valence-corrected chi connectivity index (χ2v) is 7.14. The normalized spacial score (nSPS) is 19.6. The van der Waals surface area contributed by atoms with E-state index < -0.39 is 0 Å². The topological polar surface area (TPSA) is 43.9 Å². The molecule has 5 nitrogen and oxygen atoms in total. The molecule has 3 rings (SSSR count). The van der Waals surface area contributed by atoms with Crippen LogP contribution in [0, 0.1) is 5.82 Å². The highest BCUT2D eigenvalue weighted by atomic mass is 19.1. The zero-order valence-electron chi connectivity index (χ0n) is 15.7. The summed E-state index contributed by atoms with van der Waals surface area (Å²) in [5.74, 6) is -0.877. The molecule has 0 spiro atoms. The van der Waals surface area contributed by atoms with E-state index in [1.54, 1.807) is 12.1 Å². The van der Waals surface area contributed by atoms with Crippen LogP contribution in [0.25, 0.3) is 5.57 Å². The molecule has 1 fully saturated rings. The summed E-state index contributed by atoms with van der Waals surface area (Å²) in [6, 6.07) is 6.03. The molecular formula is C20H26FN3O2. The van der Waals surface area contributed by atoms with Gasteiger partial charge in [0.1, 0.15) is 11.5 Å². The summed E-state index contributed by atoms with van der Waals surface area (Å²) in [5.41, 5.74) is 1.44. The van der Waals surface area contributed by atoms with Crippen LogP contribution in [-0.2, 0) is 9.59 Å². The maximum absolute atomic E-state index is 13.3. The maximum Gasteiger partial charge on any atom is 0.277 e. The van der Waals surface area contributed by atoms with Gasteiger partial charge in [-0.15, -0.1) is 0 Å². The number of hydrogen-bond donors (Lipinski definition) is 0. The minimum absolute atomic E-state index is 0.218. The van der Waals surface area contributed by atoms with E-state index in [1.165, 1.54) is 17.0 Å². The fourth-order valence-corrected chi connectivity index (χ4v) is 3.76. The summed E-state index contributed by atoms with van der Waals surface area (Å²) in [6.07, 6.45) is 2.60. The highest BCUT2D eigenvalue weighted by molar-refractivity contribution is 6.35. The van der Waals surface area contributed by atoms with E-state index in [9.17, 15) is 14.0 Å². The van der Waals surface area contributed by atoms with Crippen molar-refractivity contribution < 1.29 is 14.0 Å². The Morgan fingerprint density at radius 1 is 1.12 bits per heavy atom. The van der Waals surface area contributed by atoms with Crippen molar-refractivity contribution >= 4 is 17.4 Å². The zero-order chi connectivity index (χ0) is 18.8. The Bertz CT molecular complexity index is 721. The summed E-state index contributed by atoms with van der Waals surface area (Å²) in [6.45, 7) is 4.27. The van der Waals surface area contributed by atoms with Crippen LogP contribution in [0.15, 0.2) is 30.0 Å². The summed E-state index contributed by atoms with van der Waals surface area (Å²) < 4.78 is 13.3. The fourth-order valence-electron chi connectivity index (χ4n) is 3.76. The van der Waals surface area contributed by atoms with E-state index in [2.05, 4.69) is 11.9 Å². The van der Waals surface area contributed by atoms with Gasteiger partial charge in [0, 0.05) is 19.6 Å². The molecule has 0 aromatic heterocycles. The Balaban J connectivity index is 2.00. The van der Waals surface area contributed by atoms with Crippen LogP contribution in [0.2, 0.25) is 0 Å². The van der Waals surface area contributed by atoms with Crippen molar-refractivity contribution in [2.24, 2.45) is 0 Å². The van der Waals surface area contributed by atoms with Crippen LogP contribution in [-0.4, -0.2) is 66.3 Å². The number of likely N-dealkylation sites (N-methyl/N-ethyl adjacent to an activating group) is 1. The van der Waals surface area contributed by atoms with Crippen molar-refractivity contribution in [3.63, 3.8) is 0 Å². The minimum atomic E-state index is -0.359. The number of hydrogen-bond acceptors (Lipinski definition) is 4. The van der Waals surface area contributed by atoms with Crippen LogP contribution in [0.4, 0.5) is 4.39 Å². The second kappa shape index (κ2) is 7.58. The standard InChI is InChI=1S/C20H26FN3O2/c1-4-11-24-19(25)17(14-5-7-15(21)8-6-14)18(20(24)26)23(3)16-9-12-22(2)13-10-16/h5-8,16H,4,9-13H2,1-3H3. The van der Waals surface area contributed by atoms with Gasteiger partial charge < -0.3 is 9.80 Å². The molecule has 6 heteroatoms. The molecule has 0 unspecified atom stereocenters. The average molecular weight is 359 g/mol. The first-order valence-electron chi connectivity index (χ1n) is 9.21. The van der Waals surface area contributed by atoms with Gasteiger partial charge in [-0.25, -0.2) is 4.39 Å². The van der Waals surface area contributed by atoms with Gasteiger partial charge in [-0.2, -0.15) is 0 Å². The van der Waals surface area contributed by atoms with Gasteiger partial charge >= 0.3 is 0 Å². The van der Waals surface area contributed by atoms with Gasteiger partial charge in [-0.1, -0.05) is 19.1 Å². The van der Waals surface area contributed by atoms with Gasteiger partial charge in [0.05, 0.1) is 5.57 Å². The van der Waals surface area contributed by atoms with Crippen LogP contribution >= 0.6 is 0 Å².